The normalized spacial score (nSPS) is 11.8. The molecule has 5 atom stereocenters. The Labute approximate surface area is 704 Å². The molecule has 0 aliphatic heterocycles. The molecule has 0 fully saturated rings. The summed E-state index contributed by atoms with van der Waals surface area (Å²) in [6, 6.07) is 55.1. The summed E-state index contributed by atoms with van der Waals surface area (Å²) in [6.07, 6.45) is 2.96. The Hall–Kier alpha value is -13.7. The number of benzene rings is 9. The Morgan fingerprint density at radius 3 is 1.18 bits per heavy atom. The standard InChI is InChI=1S/C20H25N3O3.C19H17N3O4.C17H21N3O3S.C16H15ClN2O3.C16H14F2N2O3/c1-13(14-5-7-15(8-6-14)18(24)23-26)21-19(25)22-17-11-9-16(10-12-17)20(2,3)4;1-12(13-2-6-16(7-3-13)19(24)22-25)21-18(23)15-8-4-14(5-9-15)17-10-20-11-26-17;1-9(2)14(12-5-7-13(8-6-12)16(21)20-23)19-17(22)15-10(3)18-11(4)24-15;1-10(11-2-4-13(5-3-11)16(21)19-22)18-15(20)12-6-8-14(17)9-7-12;1-9(10-3-2-4-11(5-10)16(22)20-23)19-15(21)12-6-13(17)8-14(18)7-12/h5-13,26H,1-4H3,(H,23,24)(H2,21,22,25);2-12,25H,1H3,(H,21,23)(H,22,24);5-9,14,23H,1-4H3,(H,19,22)(H,20,21);2-10,22H,1H3,(H,18,20)(H,19,21);2-9,23H,1H3,(H,19,21)(H,20,22). The van der Waals surface area contributed by atoms with Crippen molar-refractivity contribution in [1.29, 1.82) is 0 Å². The molecule has 0 radical (unpaired) electrons. The lowest BCUT2D eigenvalue weighted by atomic mass is 9.87. The van der Waals surface area contributed by atoms with Crippen LogP contribution in [0.15, 0.2) is 229 Å². The summed E-state index contributed by atoms with van der Waals surface area (Å²) in [5.41, 5.74) is 17.9. The molecule has 2 heterocycles. The molecule has 29 nitrogen and oxygen atoms in total. The minimum absolute atomic E-state index is 0.0639. The first-order valence-electron chi connectivity index (χ1n) is 37.3. The van der Waals surface area contributed by atoms with Crippen molar-refractivity contribution in [2.75, 3.05) is 5.32 Å². The number of nitrogens with zero attached hydrogens (tertiary/aromatic N) is 2. The summed E-state index contributed by atoms with van der Waals surface area (Å²) in [5.74, 6) is -5.08. The van der Waals surface area contributed by atoms with Crippen molar-refractivity contribution >= 4 is 87.8 Å². The van der Waals surface area contributed by atoms with Crippen LogP contribution in [0.5, 0.6) is 0 Å². The first-order chi connectivity index (χ1) is 57.5. The Bertz CT molecular complexity index is 5330. The van der Waals surface area contributed by atoms with Gasteiger partial charge in [0.05, 0.1) is 47.1 Å². The molecule has 0 saturated heterocycles. The fraction of sp³-hybridized carbons (Fsp3) is 0.205. The number of anilines is 1. The van der Waals surface area contributed by atoms with Crippen LogP contribution in [0.1, 0.15) is 229 Å². The van der Waals surface area contributed by atoms with Gasteiger partial charge in [0.15, 0.2) is 12.2 Å². The van der Waals surface area contributed by atoms with E-state index >= 15 is 0 Å². The van der Waals surface area contributed by atoms with Gasteiger partial charge in [-0.1, -0.05) is 131 Å². The molecular weight excluding hydrogens is 1600 g/mol. The minimum atomic E-state index is -0.843. The molecule has 11 rings (SSSR count). The van der Waals surface area contributed by atoms with Gasteiger partial charge in [-0.05, 0) is 208 Å². The van der Waals surface area contributed by atoms with Gasteiger partial charge in [-0.3, -0.25) is 69.2 Å². The number of urea groups is 1. The summed E-state index contributed by atoms with van der Waals surface area (Å²) < 4.78 is 31.5. The zero-order chi connectivity index (χ0) is 88.8. The molecule has 33 heteroatoms. The second-order valence-electron chi connectivity index (χ2n) is 28.5. The van der Waals surface area contributed by atoms with Crippen LogP contribution < -0.4 is 59.3 Å². The summed E-state index contributed by atoms with van der Waals surface area (Å²) in [7, 11) is 0. The molecule has 2 aromatic heterocycles. The predicted molar refractivity (Wildman–Crippen MR) is 448 cm³/mol. The molecule has 5 unspecified atom stereocenters. The summed E-state index contributed by atoms with van der Waals surface area (Å²) in [6.45, 7) is 21.3. The Kier molecular flexibility index (Phi) is 35.3. The van der Waals surface area contributed by atoms with Gasteiger partial charge >= 0.3 is 6.03 Å². The van der Waals surface area contributed by atoms with Gasteiger partial charge < -0.3 is 36.3 Å². The number of rotatable bonds is 22. The van der Waals surface area contributed by atoms with Crippen LogP contribution >= 0.6 is 22.9 Å². The second-order valence-corrected chi connectivity index (χ2v) is 30.1. The Morgan fingerprint density at radius 1 is 0.413 bits per heavy atom. The van der Waals surface area contributed by atoms with Gasteiger partial charge in [-0.15, -0.1) is 11.3 Å². The van der Waals surface area contributed by atoms with E-state index in [0.717, 1.165) is 56.3 Å². The fourth-order valence-electron chi connectivity index (χ4n) is 11.5. The van der Waals surface area contributed by atoms with Crippen LogP contribution in [-0.2, 0) is 5.41 Å². The molecule has 0 saturated carbocycles. The van der Waals surface area contributed by atoms with Crippen LogP contribution in [0, 0.1) is 31.4 Å². The van der Waals surface area contributed by atoms with E-state index in [4.69, 9.17) is 42.1 Å². The quantitative estimate of drug-likeness (QED) is 0.0221. The molecule has 0 aliphatic carbocycles. The number of aryl methyl sites for hydroxylation is 2. The number of oxazole rings is 1. The van der Waals surface area contributed by atoms with Crippen LogP contribution in [0.3, 0.4) is 0 Å². The monoisotopic (exact) mass is 1690 g/mol. The predicted octanol–water partition coefficient (Wildman–Crippen LogP) is 15.5. The van der Waals surface area contributed by atoms with E-state index < -0.39 is 53.1 Å². The maximum absolute atomic E-state index is 13.1. The second kappa shape index (κ2) is 45.3. The van der Waals surface area contributed by atoms with Crippen LogP contribution in [0.25, 0.3) is 11.3 Å². The van der Waals surface area contributed by atoms with Gasteiger partial charge in [0.1, 0.15) is 16.5 Å². The molecule has 0 bridgehead atoms. The molecule has 9 aromatic carbocycles. The molecule has 11 aromatic rings. The minimum Gasteiger partial charge on any atom is -0.444 e. The largest absolute Gasteiger partial charge is 0.444 e. The third-order valence-electron chi connectivity index (χ3n) is 18.3. The van der Waals surface area contributed by atoms with Crippen molar-refractivity contribution in [3.63, 3.8) is 0 Å². The average molecular weight is 1690 g/mol. The first kappa shape index (κ1) is 94.4. The maximum Gasteiger partial charge on any atom is 0.319 e. The molecule has 0 aliphatic rings. The number of aromatic nitrogens is 2. The van der Waals surface area contributed by atoms with Gasteiger partial charge in [-0.2, -0.15) is 0 Å². The number of carbonyl (C=O) groups is 10. The van der Waals surface area contributed by atoms with E-state index in [1.54, 1.807) is 193 Å². The van der Waals surface area contributed by atoms with Crippen molar-refractivity contribution < 1.29 is 87.2 Å². The maximum atomic E-state index is 13.1. The van der Waals surface area contributed by atoms with E-state index in [1.807, 2.05) is 72.7 Å². The van der Waals surface area contributed by atoms with Crippen molar-refractivity contribution in [2.45, 2.75) is 112 Å². The third kappa shape index (κ3) is 28.5. The molecule has 16 N–H and O–H groups in total. The van der Waals surface area contributed by atoms with Crippen molar-refractivity contribution in [3.05, 3.63) is 335 Å². The highest BCUT2D eigenvalue weighted by Crippen LogP contribution is 2.28. The molecule has 632 valence electrons. The molecule has 0 spiro atoms. The lowest BCUT2D eigenvalue weighted by Crippen LogP contribution is -2.31. The van der Waals surface area contributed by atoms with Gasteiger partial charge in [0.2, 0.25) is 0 Å². The average Bonchev–Trinajstić information content (AvgIpc) is 1.82. The highest BCUT2D eigenvalue weighted by Gasteiger charge is 2.24. The van der Waals surface area contributed by atoms with E-state index in [2.05, 4.69) is 62.6 Å². The molecule has 121 heavy (non-hydrogen) atoms. The Morgan fingerprint density at radius 2 is 0.793 bits per heavy atom. The number of hydrogen-bond donors (Lipinski definition) is 16. The summed E-state index contributed by atoms with van der Waals surface area (Å²) in [4.78, 5) is 127. The molecular formula is C88H92ClF2N13O16S. The number of nitrogens with one attached hydrogen (secondary N) is 11. The van der Waals surface area contributed by atoms with E-state index in [9.17, 15) is 56.7 Å². The zero-order valence-corrected chi connectivity index (χ0v) is 69.1. The van der Waals surface area contributed by atoms with Gasteiger partial charge in [-0.25, -0.2) is 50.9 Å². The number of thiazole rings is 1. The van der Waals surface area contributed by atoms with Crippen molar-refractivity contribution in [2.24, 2.45) is 5.92 Å². The smallest absolute Gasteiger partial charge is 0.319 e. The lowest BCUT2D eigenvalue weighted by Gasteiger charge is -2.23. The van der Waals surface area contributed by atoms with Crippen LogP contribution in [-0.4, -0.2) is 95.2 Å². The fourth-order valence-corrected chi connectivity index (χ4v) is 12.4. The SMILES string of the molecule is CC(NC(=O)Nc1ccc(C(C)(C)C)cc1)c1ccc(C(=O)NO)cc1.CC(NC(=O)c1cc(F)cc(F)c1)c1cccc(C(=O)NO)c1.CC(NC(=O)c1ccc(-c2cnco2)cc1)c1ccc(C(=O)NO)cc1.CC(NC(=O)c1ccc(Cl)cc1)c1ccc(C(=O)NO)cc1.Cc1nc(C)c(C(=O)NC(c2ccc(C(=O)NO)cc2)C(C)C)s1. The topological polar surface area (TPSA) is 443 Å². The number of halogens is 3. The lowest BCUT2D eigenvalue weighted by molar-refractivity contribution is 0.0702. The number of amides is 11. The summed E-state index contributed by atoms with van der Waals surface area (Å²) in [5, 5.41) is 61.6. The summed E-state index contributed by atoms with van der Waals surface area (Å²) >= 11 is 7.16. The van der Waals surface area contributed by atoms with Crippen molar-refractivity contribution in [1.82, 2.24) is 64.0 Å². The van der Waals surface area contributed by atoms with Crippen LogP contribution in [0.2, 0.25) is 5.02 Å². The Balaban J connectivity index is 0.000000209. The number of hydroxylamine groups is 5. The van der Waals surface area contributed by atoms with E-state index in [1.165, 1.54) is 40.9 Å². The zero-order valence-electron chi connectivity index (χ0n) is 67.5. The van der Waals surface area contributed by atoms with Crippen LogP contribution in [0.4, 0.5) is 19.3 Å². The first-order valence-corrected chi connectivity index (χ1v) is 38.5. The van der Waals surface area contributed by atoms with E-state index in [-0.39, 0.29) is 70.4 Å². The highest BCUT2D eigenvalue weighted by atomic mass is 35.5. The van der Waals surface area contributed by atoms with E-state index in [0.29, 0.717) is 60.7 Å². The van der Waals surface area contributed by atoms with Crippen molar-refractivity contribution in [3.8, 4) is 11.3 Å². The highest BCUT2D eigenvalue weighted by molar-refractivity contribution is 7.13. The number of carbonyl (C=O) groups excluding carboxylic acids is 10. The third-order valence-corrected chi connectivity index (χ3v) is 19.6. The molecule has 11 amide bonds. The van der Waals surface area contributed by atoms with Gasteiger partial charge in [0.25, 0.3) is 53.2 Å². The van der Waals surface area contributed by atoms with Gasteiger partial charge in [0, 0.05) is 66.8 Å². The number of hydrogen-bond acceptors (Lipinski definition) is 19.